The molecule has 0 bridgehead atoms. The maximum Gasteiger partial charge on any atom is 0.221 e. The molecule has 2 saturated heterocycles. The lowest BCUT2D eigenvalue weighted by Crippen LogP contribution is -2.50. The second-order valence-electron chi connectivity index (χ2n) is 9.76. The van der Waals surface area contributed by atoms with Gasteiger partial charge in [-0.1, -0.05) is 67.9 Å². The first kappa shape index (κ1) is 25.8. The van der Waals surface area contributed by atoms with E-state index in [1.165, 1.54) is 0 Å². The first-order valence-corrected chi connectivity index (χ1v) is 13.0. The Kier molecular flexibility index (Phi) is 8.92. The molecule has 2 fully saturated rings. The molecule has 1 unspecified atom stereocenters. The monoisotopic (exact) mass is 481 g/mol. The molecule has 0 aromatic heterocycles. The van der Waals surface area contributed by atoms with Crippen molar-refractivity contribution in [3.63, 3.8) is 0 Å². The van der Waals surface area contributed by atoms with Crippen LogP contribution in [0, 0.1) is 0 Å². The highest BCUT2D eigenvalue weighted by Crippen LogP contribution is 2.39. The molecule has 0 saturated carbocycles. The van der Waals surface area contributed by atoms with Gasteiger partial charge >= 0.3 is 0 Å². The lowest BCUT2D eigenvalue weighted by molar-refractivity contribution is -0.124. The number of amides is 1. The topological polar surface area (TPSA) is 96.3 Å². The molecule has 4 rings (SSSR count). The van der Waals surface area contributed by atoms with Gasteiger partial charge < -0.3 is 20.6 Å². The van der Waals surface area contributed by atoms with Gasteiger partial charge in [-0.25, -0.2) is 0 Å². The van der Waals surface area contributed by atoms with E-state index in [9.17, 15) is 20.1 Å². The molecule has 1 amide bonds. The number of hydrogen-bond acceptors (Lipinski definition) is 6. The smallest absolute Gasteiger partial charge is 0.221 e. The fraction of sp³-hybridized carbons (Fsp3) is 0.536. The van der Waals surface area contributed by atoms with Crippen molar-refractivity contribution in [1.82, 2.24) is 15.1 Å². The molecule has 0 spiro atoms. The number of nitrogens with one attached hydrogen (secondary N) is 1. The molecular weight excluding hydrogens is 442 g/mol. The number of aliphatic hydroxyl groups excluding tert-OH is 3. The van der Waals surface area contributed by atoms with Crippen LogP contribution < -0.4 is 5.32 Å². The summed E-state index contributed by atoms with van der Waals surface area (Å²) >= 11 is 0. The van der Waals surface area contributed by atoms with Crippen molar-refractivity contribution >= 4 is 5.91 Å². The van der Waals surface area contributed by atoms with Crippen molar-refractivity contribution in [2.24, 2.45) is 0 Å². The SMILES string of the molecule is CCCCNC(=O)C[C@@H]1[C@H](O)[C@H](O)[C@@H](CO)N1C(c1ccc(-c2ccccc2)cc1)N1CCCC1. The maximum atomic E-state index is 12.7. The van der Waals surface area contributed by atoms with Crippen molar-refractivity contribution < 1.29 is 20.1 Å². The lowest BCUT2D eigenvalue weighted by atomic mass is 10.0. The third kappa shape index (κ3) is 5.76. The minimum atomic E-state index is -1.12. The van der Waals surface area contributed by atoms with Crippen molar-refractivity contribution in [2.45, 2.75) is 69.5 Å². The second-order valence-corrected chi connectivity index (χ2v) is 9.76. The molecular formula is C28H39N3O4. The Morgan fingerprint density at radius 2 is 1.60 bits per heavy atom. The average Bonchev–Trinajstić information content (AvgIpc) is 3.49. The van der Waals surface area contributed by atoms with E-state index in [0.29, 0.717) is 6.54 Å². The number of carbonyl (C=O) groups is 1. The standard InChI is InChI=1S/C28H39N3O4/c1-2-3-15-29-25(33)18-23-26(34)27(35)24(19-32)31(23)28(30-16-7-8-17-30)22-13-11-21(12-14-22)20-9-5-4-6-10-20/h4-6,9-14,23-24,26-28,32,34-35H,2-3,7-8,15-19H2,1H3,(H,29,33)/t23-,24-,26+,27-,28?/m1/s1. The maximum absolute atomic E-state index is 12.7. The highest BCUT2D eigenvalue weighted by Gasteiger charge is 2.52. The third-order valence-corrected chi connectivity index (χ3v) is 7.42. The second kappa shape index (κ2) is 12.1. The summed E-state index contributed by atoms with van der Waals surface area (Å²) in [7, 11) is 0. The van der Waals surface area contributed by atoms with E-state index < -0.39 is 24.3 Å². The van der Waals surface area contributed by atoms with Crippen molar-refractivity contribution in [1.29, 1.82) is 0 Å². The summed E-state index contributed by atoms with van der Waals surface area (Å²) in [4.78, 5) is 17.1. The number of hydrogen-bond donors (Lipinski definition) is 4. The Bertz CT molecular complexity index is 933. The van der Waals surface area contributed by atoms with Gasteiger partial charge in [-0.15, -0.1) is 0 Å². The number of carbonyl (C=O) groups excluding carboxylic acids is 1. The van der Waals surface area contributed by atoms with Crippen LogP contribution in [0.3, 0.4) is 0 Å². The van der Waals surface area contributed by atoms with Gasteiger partial charge in [-0.3, -0.25) is 14.6 Å². The molecule has 2 aliphatic rings. The highest BCUT2D eigenvalue weighted by molar-refractivity contribution is 5.76. The van der Waals surface area contributed by atoms with Gasteiger partial charge in [-0.05, 0) is 49.0 Å². The van der Waals surface area contributed by atoms with E-state index in [1.807, 2.05) is 23.1 Å². The summed E-state index contributed by atoms with van der Waals surface area (Å²) in [5, 5.41) is 35.0. The van der Waals surface area contributed by atoms with Crippen LogP contribution >= 0.6 is 0 Å². The number of rotatable bonds is 10. The van der Waals surface area contributed by atoms with E-state index in [-0.39, 0.29) is 25.1 Å². The number of benzene rings is 2. The zero-order valence-corrected chi connectivity index (χ0v) is 20.6. The molecule has 7 nitrogen and oxygen atoms in total. The Balaban J connectivity index is 1.65. The van der Waals surface area contributed by atoms with Gasteiger partial charge in [0.25, 0.3) is 0 Å². The zero-order chi connectivity index (χ0) is 24.8. The quantitative estimate of drug-likeness (QED) is 0.390. The number of unbranched alkanes of at least 4 members (excludes halogenated alkanes) is 1. The largest absolute Gasteiger partial charge is 0.395 e. The molecule has 0 radical (unpaired) electrons. The van der Waals surface area contributed by atoms with Gasteiger partial charge in [0, 0.05) is 19.0 Å². The minimum Gasteiger partial charge on any atom is -0.395 e. The van der Waals surface area contributed by atoms with E-state index >= 15 is 0 Å². The Morgan fingerprint density at radius 3 is 2.23 bits per heavy atom. The third-order valence-electron chi connectivity index (χ3n) is 7.42. The van der Waals surface area contributed by atoms with E-state index in [1.54, 1.807) is 0 Å². The van der Waals surface area contributed by atoms with Crippen molar-refractivity contribution in [3.8, 4) is 11.1 Å². The van der Waals surface area contributed by atoms with Crippen LogP contribution in [-0.4, -0.2) is 81.6 Å². The zero-order valence-electron chi connectivity index (χ0n) is 20.6. The molecule has 2 aromatic carbocycles. The van der Waals surface area contributed by atoms with Crippen LogP contribution in [0.15, 0.2) is 54.6 Å². The predicted octanol–water partition coefficient (Wildman–Crippen LogP) is 2.52. The fourth-order valence-electron chi connectivity index (χ4n) is 5.55. The van der Waals surface area contributed by atoms with Crippen LogP contribution in [0.25, 0.3) is 11.1 Å². The Morgan fingerprint density at radius 1 is 0.971 bits per heavy atom. The first-order valence-electron chi connectivity index (χ1n) is 13.0. The first-order chi connectivity index (χ1) is 17.0. The van der Waals surface area contributed by atoms with Gasteiger partial charge in [-0.2, -0.15) is 0 Å². The molecule has 2 heterocycles. The van der Waals surface area contributed by atoms with Gasteiger partial charge in [0.2, 0.25) is 5.91 Å². The molecule has 190 valence electrons. The fourth-order valence-corrected chi connectivity index (χ4v) is 5.55. The van der Waals surface area contributed by atoms with Gasteiger partial charge in [0.05, 0.1) is 31.0 Å². The van der Waals surface area contributed by atoms with Crippen LogP contribution in [0.4, 0.5) is 0 Å². The highest BCUT2D eigenvalue weighted by atomic mass is 16.3. The molecule has 5 atom stereocenters. The van der Waals surface area contributed by atoms with Crippen LogP contribution in [-0.2, 0) is 4.79 Å². The van der Waals surface area contributed by atoms with E-state index in [4.69, 9.17) is 0 Å². The minimum absolute atomic E-state index is 0.0743. The number of likely N-dealkylation sites (tertiary alicyclic amines) is 2. The molecule has 2 aliphatic heterocycles. The summed E-state index contributed by atoms with van der Waals surface area (Å²) in [5.74, 6) is -0.141. The normalized spacial score (nSPS) is 26.2. The Labute approximate surface area is 208 Å². The average molecular weight is 482 g/mol. The number of aliphatic hydroxyl groups is 3. The van der Waals surface area contributed by atoms with Crippen LogP contribution in [0.5, 0.6) is 0 Å². The van der Waals surface area contributed by atoms with Crippen LogP contribution in [0.1, 0.15) is 50.8 Å². The summed E-state index contributed by atoms with van der Waals surface area (Å²) in [6.07, 6.45) is 1.62. The van der Waals surface area contributed by atoms with Gasteiger partial charge in [0.1, 0.15) is 0 Å². The Hall–Kier alpha value is -2.29. The van der Waals surface area contributed by atoms with E-state index in [2.05, 4.69) is 53.5 Å². The molecule has 7 heteroatoms. The lowest BCUT2D eigenvalue weighted by Gasteiger charge is -2.42. The van der Waals surface area contributed by atoms with E-state index in [0.717, 1.165) is 55.5 Å². The van der Waals surface area contributed by atoms with Crippen molar-refractivity contribution in [3.05, 3.63) is 60.2 Å². The summed E-state index contributed by atoms with van der Waals surface area (Å²) in [6.45, 7) is 4.16. The molecule has 2 aromatic rings. The van der Waals surface area contributed by atoms with Gasteiger partial charge in [0.15, 0.2) is 0 Å². The van der Waals surface area contributed by atoms with Crippen molar-refractivity contribution in [2.75, 3.05) is 26.2 Å². The summed E-state index contributed by atoms with van der Waals surface area (Å²) in [6, 6.07) is 17.3. The summed E-state index contributed by atoms with van der Waals surface area (Å²) in [5.41, 5.74) is 3.28. The summed E-state index contributed by atoms with van der Waals surface area (Å²) < 4.78 is 0. The molecule has 35 heavy (non-hydrogen) atoms. The molecule has 4 N–H and O–H groups in total. The predicted molar refractivity (Wildman–Crippen MR) is 136 cm³/mol. The van der Waals surface area contributed by atoms with Crippen LogP contribution in [0.2, 0.25) is 0 Å². The molecule has 0 aliphatic carbocycles. The number of nitrogens with zero attached hydrogens (tertiary/aromatic N) is 2.